The molecule has 0 N–H and O–H groups in total. The second kappa shape index (κ2) is 2.32. The van der Waals surface area contributed by atoms with Gasteiger partial charge in [0.25, 0.3) is 0 Å². The van der Waals surface area contributed by atoms with Crippen molar-refractivity contribution in [2.24, 2.45) is 0 Å². The molecule has 0 atom stereocenters. The van der Waals surface area contributed by atoms with Crippen molar-refractivity contribution in [2.75, 3.05) is 0 Å². The van der Waals surface area contributed by atoms with E-state index in [0.29, 0.717) is 0 Å². The molecule has 0 bridgehead atoms. The summed E-state index contributed by atoms with van der Waals surface area (Å²) in [4.78, 5) is 5.36. The molecule has 3 heteroatoms. The monoisotopic (exact) mass is 213 g/mol. The molecule has 1 nitrogen and oxygen atoms in total. The van der Waals surface area contributed by atoms with Crippen molar-refractivity contribution >= 4 is 37.5 Å². The minimum atomic E-state index is 0.905. The van der Waals surface area contributed by atoms with Crippen LogP contribution in [0.5, 0.6) is 0 Å². The number of pyridine rings is 1. The Balaban J connectivity index is 2.86. The van der Waals surface area contributed by atoms with E-state index in [1.54, 1.807) is 11.3 Å². The molecule has 0 spiro atoms. The van der Waals surface area contributed by atoms with Crippen LogP contribution in [-0.2, 0) is 0 Å². The van der Waals surface area contributed by atoms with Gasteiger partial charge in [-0.15, -0.1) is 11.3 Å². The lowest BCUT2D eigenvalue weighted by Gasteiger charge is -1.87. The maximum absolute atomic E-state index is 4.27. The molecule has 2 aromatic heterocycles. The molecule has 0 saturated carbocycles. The van der Waals surface area contributed by atoms with Crippen molar-refractivity contribution in [1.29, 1.82) is 0 Å². The van der Waals surface area contributed by atoms with Crippen LogP contribution in [0.15, 0.2) is 28.2 Å². The highest BCUT2D eigenvalue weighted by atomic mass is 79.9. The van der Waals surface area contributed by atoms with E-state index in [-0.39, 0.29) is 0 Å². The molecule has 0 unspecified atom stereocenters. The van der Waals surface area contributed by atoms with Gasteiger partial charge in [0.2, 0.25) is 0 Å². The topological polar surface area (TPSA) is 12.9 Å². The Morgan fingerprint density at radius 2 is 2.20 bits per heavy atom. The fourth-order valence-electron chi connectivity index (χ4n) is 0.822. The molecule has 0 aromatic carbocycles. The molecular formula is C7H4BrNS. The van der Waals surface area contributed by atoms with Crippen LogP contribution in [0.1, 0.15) is 0 Å². The first-order chi connectivity index (χ1) is 4.86. The average molecular weight is 214 g/mol. The molecule has 2 rings (SSSR count). The second-order valence-corrected chi connectivity index (χ2v) is 3.66. The summed E-state index contributed by atoms with van der Waals surface area (Å²) in [5.74, 6) is 0. The first kappa shape index (κ1) is 6.31. The van der Waals surface area contributed by atoms with Crippen molar-refractivity contribution < 1.29 is 0 Å². The Kier molecular flexibility index (Phi) is 1.47. The van der Waals surface area contributed by atoms with E-state index in [9.17, 15) is 0 Å². The van der Waals surface area contributed by atoms with E-state index in [0.717, 1.165) is 9.43 Å². The average Bonchev–Trinajstić information content (AvgIpc) is 2.33. The summed E-state index contributed by atoms with van der Waals surface area (Å²) in [6.07, 6.45) is 0. The van der Waals surface area contributed by atoms with Gasteiger partial charge in [-0.2, -0.15) is 0 Å². The molecule has 0 radical (unpaired) electrons. The Morgan fingerprint density at radius 3 is 3.10 bits per heavy atom. The van der Waals surface area contributed by atoms with E-state index in [4.69, 9.17) is 0 Å². The van der Waals surface area contributed by atoms with Gasteiger partial charge in [-0.25, -0.2) is 4.98 Å². The highest BCUT2D eigenvalue weighted by molar-refractivity contribution is 9.10. The number of hydrogen-bond acceptors (Lipinski definition) is 2. The molecule has 2 heterocycles. The highest BCUT2D eigenvalue weighted by Crippen LogP contribution is 2.20. The number of fused-ring (bicyclic) bond motifs is 1. The van der Waals surface area contributed by atoms with Crippen LogP contribution in [-0.4, -0.2) is 4.98 Å². The first-order valence-corrected chi connectivity index (χ1v) is 4.53. The Morgan fingerprint density at radius 1 is 1.30 bits per heavy atom. The van der Waals surface area contributed by atoms with Gasteiger partial charge in [0.1, 0.15) is 9.43 Å². The van der Waals surface area contributed by atoms with Gasteiger partial charge in [0.05, 0.1) is 0 Å². The molecular weight excluding hydrogens is 210 g/mol. The van der Waals surface area contributed by atoms with Crippen molar-refractivity contribution in [3.8, 4) is 0 Å². The van der Waals surface area contributed by atoms with Crippen LogP contribution >= 0.6 is 27.3 Å². The van der Waals surface area contributed by atoms with Crippen LogP contribution in [0.4, 0.5) is 0 Å². The van der Waals surface area contributed by atoms with Crippen molar-refractivity contribution in [3.05, 3.63) is 28.2 Å². The lowest BCUT2D eigenvalue weighted by molar-refractivity contribution is 1.38. The molecule has 0 aliphatic rings. The summed E-state index contributed by atoms with van der Waals surface area (Å²) in [5.41, 5.74) is 0. The van der Waals surface area contributed by atoms with Gasteiger partial charge in [0.15, 0.2) is 0 Å². The third-order valence-electron chi connectivity index (χ3n) is 1.28. The van der Waals surface area contributed by atoms with Gasteiger partial charge in [-0.3, -0.25) is 0 Å². The fourth-order valence-corrected chi connectivity index (χ4v) is 2.02. The molecule has 2 aromatic rings. The zero-order chi connectivity index (χ0) is 6.97. The number of thiophene rings is 1. The smallest absolute Gasteiger partial charge is 0.124 e. The van der Waals surface area contributed by atoms with E-state index in [1.807, 2.05) is 11.4 Å². The van der Waals surface area contributed by atoms with E-state index in [1.165, 1.54) is 5.39 Å². The summed E-state index contributed by atoms with van der Waals surface area (Å²) in [6.45, 7) is 0. The van der Waals surface area contributed by atoms with Crippen LogP contribution in [0, 0.1) is 0 Å². The molecule has 10 heavy (non-hydrogen) atoms. The zero-order valence-electron chi connectivity index (χ0n) is 5.04. The zero-order valence-corrected chi connectivity index (χ0v) is 7.45. The first-order valence-electron chi connectivity index (χ1n) is 2.86. The molecule has 0 saturated heterocycles. The summed E-state index contributed by atoms with van der Waals surface area (Å²) in [5, 5.41) is 3.26. The number of halogens is 1. The number of aromatic nitrogens is 1. The summed E-state index contributed by atoms with van der Waals surface area (Å²) in [7, 11) is 0. The quantitative estimate of drug-likeness (QED) is 0.614. The standard InChI is InChI=1S/C7H4BrNS/c8-6-2-1-5-3-4-10-7(5)9-6/h1-4H. The van der Waals surface area contributed by atoms with Gasteiger partial charge >= 0.3 is 0 Å². The second-order valence-electron chi connectivity index (χ2n) is 1.95. The van der Waals surface area contributed by atoms with Crippen molar-refractivity contribution in [3.63, 3.8) is 0 Å². The van der Waals surface area contributed by atoms with Crippen LogP contribution in [0.2, 0.25) is 0 Å². The predicted molar refractivity (Wildman–Crippen MR) is 47.3 cm³/mol. The number of nitrogens with zero attached hydrogens (tertiary/aromatic N) is 1. The summed E-state index contributed by atoms with van der Waals surface area (Å²) < 4.78 is 0.905. The minimum absolute atomic E-state index is 0.905. The maximum atomic E-state index is 4.27. The molecule has 0 amide bonds. The number of rotatable bonds is 0. The van der Waals surface area contributed by atoms with Crippen LogP contribution < -0.4 is 0 Å². The van der Waals surface area contributed by atoms with E-state index >= 15 is 0 Å². The number of hydrogen-bond donors (Lipinski definition) is 0. The lowest BCUT2D eigenvalue weighted by atomic mass is 10.4. The van der Waals surface area contributed by atoms with E-state index < -0.39 is 0 Å². The molecule has 0 fully saturated rings. The third kappa shape index (κ3) is 0.954. The van der Waals surface area contributed by atoms with E-state index in [2.05, 4.69) is 33.0 Å². The molecule has 0 aliphatic heterocycles. The highest BCUT2D eigenvalue weighted by Gasteiger charge is 1.94. The van der Waals surface area contributed by atoms with Gasteiger partial charge in [-0.1, -0.05) is 0 Å². The van der Waals surface area contributed by atoms with Crippen molar-refractivity contribution in [2.45, 2.75) is 0 Å². The lowest BCUT2D eigenvalue weighted by Crippen LogP contribution is -1.70. The van der Waals surface area contributed by atoms with Gasteiger partial charge in [0, 0.05) is 5.39 Å². The summed E-state index contributed by atoms with van der Waals surface area (Å²) >= 11 is 4.97. The third-order valence-corrected chi connectivity index (χ3v) is 2.55. The Hall–Kier alpha value is -0.410. The fraction of sp³-hybridized carbons (Fsp3) is 0. The Labute approximate surface area is 70.8 Å². The van der Waals surface area contributed by atoms with Crippen molar-refractivity contribution in [1.82, 2.24) is 4.98 Å². The van der Waals surface area contributed by atoms with Crippen LogP contribution in [0.25, 0.3) is 10.2 Å². The van der Waals surface area contributed by atoms with Gasteiger partial charge < -0.3 is 0 Å². The normalized spacial score (nSPS) is 10.5. The Bertz CT molecular complexity index is 355. The molecule has 50 valence electrons. The minimum Gasteiger partial charge on any atom is -0.230 e. The summed E-state index contributed by atoms with van der Waals surface area (Å²) in [6, 6.07) is 6.08. The van der Waals surface area contributed by atoms with Gasteiger partial charge in [-0.05, 0) is 39.5 Å². The SMILES string of the molecule is Brc1ccc2ccsc2n1. The van der Waals surface area contributed by atoms with Crippen LogP contribution in [0.3, 0.4) is 0 Å². The molecule has 0 aliphatic carbocycles. The predicted octanol–water partition coefficient (Wildman–Crippen LogP) is 3.06. The largest absolute Gasteiger partial charge is 0.230 e. The maximum Gasteiger partial charge on any atom is 0.124 e.